The lowest BCUT2D eigenvalue weighted by Gasteiger charge is -2.08. The number of aromatic nitrogens is 1. The molecule has 1 aromatic heterocycles. The molecule has 0 aliphatic carbocycles. The van der Waals surface area contributed by atoms with E-state index in [9.17, 15) is 13.6 Å². The van der Waals surface area contributed by atoms with Gasteiger partial charge < -0.3 is 19.5 Å². The summed E-state index contributed by atoms with van der Waals surface area (Å²) < 4.78 is 44.2. The van der Waals surface area contributed by atoms with Crippen molar-refractivity contribution in [2.24, 2.45) is 0 Å². The summed E-state index contributed by atoms with van der Waals surface area (Å²) in [6.45, 7) is 0.582. The van der Waals surface area contributed by atoms with Crippen molar-refractivity contribution in [3.63, 3.8) is 0 Å². The largest absolute Gasteiger partial charge is 0.489 e. The second-order valence-corrected chi connectivity index (χ2v) is 8.33. The fourth-order valence-electron chi connectivity index (χ4n) is 3.38. The van der Waals surface area contributed by atoms with Crippen molar-refractivity contribution in [1.29, 1.82) is 0 Å². The van der Waals surface area contributed by atoms with Gasteiger partial charge in [-0.2, -0.15) is 0 Å². The molecule has 0 unspecified atom stereocenters. The maximum absolute atomic E-state index is 14.7. The minimum Gasteiger partial charge on any atom is -0.489 e. The molecule has 1 aliphatic rings. The summed E-state index contributed by atoms with van der Waals surface area (Å²) in [6, 6.07) is 15.9. The van der Waals surface area contributed by atoms with E-state index in [4.69, 9.17) is 14.2 Å². The number of ether oxygens (including phenoxy) is 3. The van der Waals surface area contributed by atoms with E-state index in [2.05, 4.69) is 10.3 Å². The molecule has 1 N–H and O–H groups in total. The first-order valence-electron chi connectivity index (χ1n) is 10.3. The smallest absolute Gasteiger partial charge is 0.271 e. The third-order valence-corrected chi connectivity index (χ3v) is 5.97. The van der Waals surface area contributed by atoms with Crippen LogP contribution in [0.1, 0.15) is 21.6 Å². The van der Waals surface area contributed by atoms with Crippen LogP contribution in [0.4, 0.5) is 8.78 Å². The highest BCUT2D eigenvalue weighted by Gasteiger charge is 2.17. The van der Waals surface area contributed by atoms with Crippen LogP contribution in [0, 0.1) is 11.6 Å². The van der Waals surface area contributed by atoms with Crippen molar-refractivity contribution in [1.82, 2.24) is 10.3 Å². The summed E-state index contributed by atoms with van der Waals surface area (Å²) in [6.07, 6.45) is 0. The van der Waals surface area contributed by atoms with Crippen molar-refractivity contribution in [2.75, 3.05) is 6.79 Å². The number of hydrogen-bond acceptors (Lipinski definition) is 6. The second-order valence-electron chi connectivity index (χ2n) is 7.47. The van der Waals surface area contributed by atoms with Gasteiger partial charge in [0.1, 0.15) is 34.7 Å². The summed E-state index contributed by atoms with van der Waals surface area (Å²) in [5, 5.41) is 4.76. The lowest BCUT2D eigenvalue weighted by Crippen LogP contribution is -2.23. The van der Waals surface area contributed by atoms with Gasteiger partial charge in [0.25, 0.3) is 5.91 Å². The molecule has 6 nitrogen and oxygen atoms in total. The quantitative estimate of drug-likeness (QED) is 0.387. The number of benzene rings is 3. The normalized spacial score (nSPS) is 11.9. The van der Waals surface area contributed by atoms with Crippen LogP contribution in [0.15, 0.2) is 66.0 Å². The topological polar surface area (TPSA) is 69.7 Å². The van der Waals surface area contributed by atoms with E-state index in [-0.39, 0.29) is 42.9 Å². The number of thiazole rings is 1. The van der Waals surface area contributed by atoms with Gasteiger partial charge in [0.05, 0.1) is 0 Å². The molecule has 3 aromatic carbocycles. The first-order valence-corrected chi connectivity index (χ1v) is 11.2. The number of hydrogen-bond donors (Lipinski definition) is 1. The highest BCUT2D eigenvalue weighted by atomic mass is 32.1. The Bertz CT molecular complexity index is 1360. The van der Waals surface area contributed by atoms with Crippen LogP contribution in [0.25, 0.3) is 10.6 Å². The van der Waals surface area contributed by atoms with Gasteiger partial charge in [-0.15, -0.1) is 11.3 Å². The van der Waals surface area contributed by atoms with E-state index in [1.54, 1.807) is 35.7 Å². The predicted molar refractivity (Wildman–Crippen MR) is 122 cm³/mol. The van der Waals surface area contributed by atoms with E-state index < -0.39 is 5.82 Å². The number of nitrogens with one attached hydrogen (secondary N) is 1. The summed E-state index contributed by atoms with van der Waals surface area (Å²) in [4.78, 5) is 16.8. The minimum absolute atomic E-state index is 0.113. The average Bonchev–Trinajstić information content (AvgIpc) is 3.51. The first-order chi connectivity index (χ1) is 16.5. The van der Waals surface area contributed by atoms with E-state index >= 15 is 0 Å². The molecule has 2 heterocycles. The Morgan fingerprint density at radius 2 is 1.91 bits per heavy atom. The molecule has 1 aliphatic heterocycles. The van der Waals surface area contributed by atoms with Crippen LogP contribution in [0.2, 0.25) is 0 Å². The Morgan fingerprint density at radius 3 is 2.76 bits per heavy atom. The molecule has 0 fully saturated rings. The van der Waals surface area contributed by atoms with Crippen molar-refractivity contribution >= 4 is 17.2 Å². The molecule has 34 heavy (non-hydrogen) atoms. The van der Waals surface area contributed by atoms with Gasteiger partial charge >= 0.3 is 0 Å². The Hall–Kier alpha value is -3.98. The first kappa shape index (κ1) is 21.8. The van der Waals surface area contributed by atoms with E-state index in [1.165, 1.54) is 29.5 Å². The molecule has 0 atom stereocenters. The third-order valence-electron chi connectivity index (χ3n) is 5.09. The van der Waals surface area contributed by atoms with Crippen molar-refractivity contribution < 1.29 is 27.8 Å². The van der Waals surface area contributed by atoms with E-state index in [0.717, 1.165) is 5.56 Å². The fraction of sp³-hybridized carbons (Fsp3) is 0.120. The second kappa shape index (κ2) is 9.48. The molecule has 9 heteroatoms. The van der Waals surface area contributed by atoms with Crippen LogP contribution < -0.4 is 19.5 Å². The molecular weight excluding hydrogens is 462 g/mol. The number of amides is 1. The molecule has 0 saturated carbocycles. The Balaban J connectivity index is 1.21. The van der Waals surface area contributed by atoms with Crippen LogP contribution in [0.3, 0.4) is 0 Å². The van der Waals surface area contributed by atoms with Gasteiger partial charge in [0, 0.05) is 23.6 Å². The molecule has 0 saturated heterocycles. The zero-order valence-corrected chi connectivity index (χ0v) is 18.5. The summed E-state index contributed by atoms with van der Waals surface area (Å²) in [5.74, 6) is 0.369. The van der Waals surface area contributed by atoms with Crippen LogP contribution >= 0.6 is 11.3 Å². The summed E-state index contributed by atoms with van der Waals surface area (Å²) in [5.41, 5.74) is 1.96. The lowest BCUT2D eigenvalue weighted by molar-refractivity contribution is 0.0946. The van der Waals surface area contributed by atoms with Gasteiger partial charge in [-0.05, 0) is 47.5 Å². The number of nitrogens with zero attached hydrogens (tertiary/aromatic N) is 1. The number of carbonyl (C=O) groups is 1. The Labute approximate surface area is 197 Å². The number of halogens is 2. The monoisotopic (exact) mass is 480 g/mol. The summed E-state index contributed by atoms with van der Waals surface area (Å²) >= 11 is 1.17. The number of fused-ring (bicyclic) bond motifs is 1. The third kappa shape index (κ3) is 4.84. The van der Waals surface area contributed by atoms with Gasteiger partial charge in [-0.1, -0.05) is 18.2 Å². The van der Waals surface area contributed by atoms with Gasteiger partial charge in [0.2, 0.25) is 6.79 Å². The molecule has 0 spiro atoms. The fourth-order valence-corrected chi connectivity index (χ4v) is 4.20. The molecular formula is C25H18F2N2O4S. The van der Waals surface area contributed by atoms with Gasteiger partial charge in [-0.25, -0.2) is 13.8 Å². The molecule has 5 rings (SSSR count). The lowest BCUT2D eigenvalue weighted by atomic mass is 10.2. The highest BCUT2D eigenvalue weighted by molar-refractivity contribution is 7.13. The number of rotatable bonds is 7. The Kier molecular flexibility index (Phi) is 6.09. The molecule has 4 aromatic rings. The predicted octanol–water partition coefficient (Wildman–Crippen LogP) is 5.33. The summed E-state index contributed by atoms with van der Waals surface area (Å²) in [7, 11) is 0. The van der Waals surface area contributed by atoms with E-state index in [0.29, 0.717) is 27.8 Å². The molecule has 172 valence electrons. The maximum atomic E-state index is 14.7. The highest BCUT2D eigenvalue weighted by Crippen LogP contribution is 2.32. The van der Waals surface area contributed by atoms with Crippen molar-refractivity contribution in [3.05, 3.63) is 94.5 Å². The van der Waals surface area contributed by atoms with Crippen molar-refractivity contribution in [3.8, 4) is 27.8 Å². The molecule has 0 radical (unpaired) electrons. The van der Waals surface area contributed by atoms with Crippen molar-refractivity contribution in [2.45, 2.75) is 13.2 Å². The number of carbonyl (C=O) groups excluding carboxylic acids is 1. The van der Waals surface area contributed by atoms with Crippen LogP contribution in [-0.2, 0) is 13.2 Å². The maximum Gasteiger partial charge on any atom is 0.271 e. The minimum atomic E-state index is -0.529. The van der Waals surface area contributed by atoms with Crippen LogP contribution in [0.5, 0.6) is 17.2 Å². The zero-order chi connectivity index (χ0) is 23.5. The SMILES string of the molecule is O=C(NCc1ccc2c(c1)OCO2)c1csc(-c2ccc(OCc3cccc(F)c3)cc2F)n1. The molecule has 0 bridgehead atoms. The average molecular weight is 480 g/mol. The van der Waals surface area contributed by atoms with E-state index in [1.807, 2.05) is 12.1 Å². The molecule has 1 amide bonds. The standard InChI is InChI=1S/C25H18F2N2O4S/c26-17-3-1-2-16(8-17)12-31-18-5-6-19(20(27)10-18)25-29-21(13-34-25)24(30)28-11-15-4-7-22-23(9-15)33-14-32-22/h1-10,13H,11-12,14H2,(H,28,30). The van der Waals surface area contributed by atoms with Gasteiger partial charge in [0.15, 0.2) is 11.5 Å². The van der Waals surface area contributed by atoms with Gasteiger partial charge in [-0.3, -0.25) is 4.79 Å². The Morgan fingerprint density at radius 1 is 1.03 bits per heavy atom. The zero-order valence-electron chi connectivity index (χ0n) is 17.7. The van der Waals surface area contributed by atoms with Crippen LogP contribution in [-0.4, -0.2) is 17.7 Å².